The number of nitrogens with one attached hydrogen (secondary N) is 1. The lowest BCUT2D eigenvalue weighted by Crippen LogP contribution is -2.65. The summed E-state index contributed by atoms with van der Waals surface area (Å²) < 4.78 is 54.4. The number of aryl methyl sites for hydroxylation is 1. The van der Waals surface area contributed by atoms with Crippen molar-refractivity contribution in [3.8, 4) is 5.75 Å². The molecule has 2 aromatic rings. The number of sulfonamides is 1. The topological polar surface area (TPSA) is 107 Å². The van der Waals surface area contributed by atoms with Gasteiger partial charge in [-0.1, -0.05) is 36.7 Å². The summed E-state index contributed by atoms with van der Waals surface area (Å²) in [5, 5.41) is -0.0808. The first-order chi connectivity index (χ1) is 24.5. The Morgan fingerprint density at radius 3 is 2.65 bits per heavy atom. The molecule has 10 nitrogen and oxygen atoms in total. The number of anilines is 1. The molecule has 12 heteroatoms. The Morgan fingerprint density at radius 1 is 1.06 bits per heavy atom. The van der Waals surface area contributed by atoms with Crippen molar-refractivity contribution in [2.24, 2.45) is 17.8 Å². The van der Waals surface area contributed by atoms with Crippen molar-refractivity contribution in [2.75, 3.05) is 64.6 Å². The van der Waals surface area contributed by atoms with Gasteiger partial charge in [0.1, 0.15) is 23.6 Å². The molecular formula is C39H52ClN3O7S. The number of nitrogens with zero attached hydrogens (tertiary/aromatic N) is 2. The number of benzene rings is 2. The highest BCUT2D eigenvalue weighted by Gasteiger charge is 2.50. The molecule has 5 atom stereocenters. The number of hydrogen-bond acceptors (Lipinski definition) is 9. The van der Waals surface area contributed by atoms with Gasteiger partial charge in [0, 0.05) is 50.4 Å². The Bertz CT molecular complexity index is 1730. The minimum Gasteiger partial charge on any atom is -0.487 e. The van der Waals surface area contributed by atoms with Gasteiger partial charge in [-0.2, -0.15) is 0 Å². The SMILES string of the molecule is CO[C@@]1(CN2CCOC3(COC3)C2)/C=C/C[C@H](C)[C@@H](C)S(=O)(=O)NC(=O)c2ccc3c(c2)N(CCCCc2cc(Cl)ccc2CO3)C[C@@H]2CC[C@H]21. The number of carbonyl (C=O) groups is 1. The summed E-state index contributed by atoms with van der Waals surface area (Å²) in [5.74, 6) is 0.357. The van der Waals surface area contributed by atoms with Crippen molar-refractivity contribution in [3.05, 3.63) is 70.3 Å². The minimum atomic E-state index is -3.97. The van der Waals surface area contributed by atoms with E-state index in [1.807, 2.05) is 44.4 Å². The molecule has 1 N–H and O–H groups in total. The molecule has 4 aliphatic heterocycles. The van der Waals surface area contributed by atoms with Crippen molar-refractivity contribution in [1.82, 2.24) is 9.62 Å². The maximum absolute atomic E-state index is 13.6. The van der Waals surface area contributed by atoms with Crippen LogP contribution in [-0.4, -0.2) is 95.3 Å². The lowest BCUT2D eigenvalue weighted by molar-refractivity contribution is -0.242. The van der Waals surface area contributed by atoms with Crippen LogP contribution in [0.5, 0.6) is 5.75 Å². The molecule has 5 aliphatic rings. The van der Waals surface area contributed by atoms with Crippen LogP contribution in [0.2, 0.25) is 5.02 Å². The fraction of sp³-hybridized carbons (Fsp3) is 0.615. The molecule has 7 rings (SSSR count). The summed E-state index contributed by atoms with van der Waals surface area (Å²) in [4.78, 5) is 18.4. The average Bonchev–Trinajstić information content (AvgIpc) is 3.11. The Hall–Kier alpha value is -2.67. The monoisotopic (exact) mass is 741 g/mol. The molecule has 1 spiro atoms. The van der Waals surface area contributed by atoms with Crippen LogP contribution in [0.3, 0.4) is 0 Å². The van der Waals surface area contributed by atoms with E-state index >= 15 is 0 Å². The Morgan fingerprint density at radius 2 is 1.90 bits per heavy atom. The third-order valence-corrected chi connectivity index (χ3v) is 14.2. The molecule has 0 aromatic heterocycles. The van der Waals surface area contributed by atoms with Gasteiger partial charge in [0.25, 0.3) is 5.91 Å². The highest BCUT2D eigenvalue weighted by atomic mass is 35.5. The van der Waals surface area contributed by atoms with E-state index in [0.717, 1.165) is 76.1 Å². The number of rotatable bonds is 3. The molecule has 1 aliphatic carbocycles. The molecule has 278 valence electrons. The summed E-state index contributed by atoms with van der Waals surface area (Å²) >= 11 is 6.40. The van der Waals surface area contributed by atoms with Crippen LogP contribution in [0.15, 0.2) is 48.6 Å². The molecule has 0 unspecified atom stereocenters. The number of amides is 1. The molecule has 1 saturated carbocycles. The van der Waals surface area contributed by atoms with Crippen molar-refractivity contribution < 1.29 is 32.2 Å². The van der Waals surface area contributed by atoms with Crippen molar-refractivity contribution in [3.63, 3.8) is 0 Å². The zero-order valence-corrected chi connectivity index (χ0v) is 31.6. The van der Waals surface area contributed by atoms with Crippen LogP contribution in [0, 0.1) is 17.8 Å². The number of halogens is 1. The summed E-state index contributed by atoms with van der Waals surface area (Å²) in [7, 11) is -2.15. The Labute approximate surface area is 307 Å². The minimum absolute atomic E-state index is 0.236. The van der Waals surface area contributed by atoms with Crippen LogP contribution < -0.4 is 14.4 Å². The summed E-state index contributed by atoms with van der Waals surface area (Å²) in [6.45, 7) is 9.68. The maximum Gasteiger partial charge on any atom is 0.264 e. The second-order valence-electron chi connectivity index (χ2n) is 15.4. The second kappa shape index (κ2) is 15.0. The predicted molar refractivity (Wildman–Crippen MR) is 198 cm³/mol. The van der Waals surface area contributed by atoms with E-state index in [2.05, 4.69) is 26.7 Å². The molecular weight excluding hydrogens is 690 g/mol. The number of allylic oxidation sites excluding steroid dienone is 1. The highest BCUT2D eigenvalue weighted by Crippen LogP contribution is 2.47. The van der Waals surface area contributed by atoms with Crippen LogP contribution >= 0.6 is 11.6 Å². The van der Waals surface area contributed by atoms with Crippen LogP contribution in [-0.2, 0) is 37.3 Å². The molecule has 1 amide bonds. The molecule has 0 radical (unpaired) electrons. The first-order valence-corrected chi connectivity index (χ1v) is 20.4. The van der Waals surface area contributed by atoms with Gasteiger partial charge >= 0.3 is 0 Å². The predicted octanol–water partition coefficient (Wildman–Crippen LogP) is 5.62. The lowest BCUT2D eigenvalue weighted by atomic mass is 9.63. The Balaban J connectivity index is 1.26. The van der Waals surface area contributed by atoms with Gasteiger partial charge in [0.15, 0.2) is 0 Å². The van der Waals surface area contributed by atoms with E-state index in [-0.39, 0.29) is 23.0 Å². The normalized spacial score (nSPS) is 31.8. The van der Waals surface area contributed by atoms with Gasteiger partial charge in [-0.3, -0.25) is 9.69 Å². The van der Waals surface area contributed by atoms with Crippen LogP contribution in [0.4, 0.5) is 5.69 Å². The third kappa shape index (κ3) is 7.71. The zero-order chi connectivity index (χ0) is 35.8. The number of ether oxygens (including phenoxy) is 4. The van der Waals surface area contributed by atoms with Crippen molar-refractivity contribution >= 4 is 33.2 Å². The fourth-order valence-electron chi connectivity index (χ4n) is 8.54. The van der Waals surface area contributed by atoms with Gasteiger partial charge in [0.2, 0.25) is 10.0 Å². The van der Waals surface area contributed by atoms with Crippen molar-refractivity contribution in [2.45, 2.75) is 75.4 Å². The van der Waals surface area contributed by atoms with Gasteiger partial charge in [-0.15, -0.1) is 0 Å². The average molecular weight is 742 g/mol. The maximum atomic E-state index is 13.6. The number of methoxy groups -OCH3 is 1. The lowest BCUT2D eigenvalue weighted by Gasteiger charge is -2.53. The third-order valence-electron chi connectivity index (χ3n) is 12.1. The largest absolute Gasteiger partial charge is 0.487 e. The van der Waals surface area contributed by atoms with Gasteiger partial charge < -0.3 is 23.8 Å². The molecule has 3 fully saturated rings. The summed E-state index contributed by atoms with van der Waals surface area (Å²) in [6, 6.07) is 11.2. The first-order valence-electron chi connectivity index (χ1n) is 18.5. The van der Waals surface area contributed by atoms with Gasteiger partial charge in [-0.05, 0) is 105 Å². The van der Waals surface area contributed by atoms with Crippen LogP contribution in [0.1, 0.15) is 67.4 Å². The number of morpholine rings is 1. The highest BCUT2D eigenvalue weighted by molar-refractivity contribution is 7.90. The van der Waals surface area contributed by atoms with E-state index < -0.39 is 26.8 Å². The van der Waals surface area contributed by atoms with E-state index in [9.17, 15) is 13.2 Å². The van der Waals surface area contributed by atoms with E-state index in [0.29, 0.717) is 49.5 Å². The number of fused-ring (bicyclic) bond motifs is 3. The van der Waals surface area contributed by atoms with Crippen LogP contribution in [0.25, 0.3) is 0 Å². The molecule has 2 aromatic carbocycles. The fourth-order valence-corrected chi connectivity index (χ4v) is 10.0. The van der Waals surface area contributed by atoms with E-state index in [4.69, 9.17) is 30.5 Å². The molecule has 2 bridgehead atoms. The van der Waals surface area contributed by atoms with Gasteiger partial charge in [0.05, 0.1) is 30.8 Å². The van der Waals surface area contributed by atoms with Crippen molar-refractivity contribution in [1.29, 1.82) is 0 Å². The summed E-state index contributed by atoms with van der Waals surface area (Å²) in [5.41, 5.74) is 2.53. The quantitative estimate of drug-likeness (QED) is 0.402. The van der Waals surface area contributed by atoms with E-state index in [1.165, 1.54) is 5.56 Å². The first kappa shape index (κ1) is 36.7. The summed E-state index contributed by atoms with van der Waals surface area (Å²) in [6.07, 6.45) is 9.73. The molecule has 51 heavy (non-hydrogen) atoms. The second-order valence-corrected chi connectivity index (χ2v) is 17.9. The zero-order valence-electron chi connectivity index (χ0n) is 30.1. The van der Waals surface area contributed by atoms with Gasteiger partial charge in [-0.25, -0.2) is 13.1 Å². The Kier molecular flexibility index (Phi) is 10.8. The molecule has 2 saturated heterocycles. The smallest absolute Gasteiger partial charge is 0.264 e. The van der Waals surface area contributed by atoms with E-state index in [1.54, 1.807) is 13.0 Å². The molecule has 4 heterocycles. The number of hydrogen-bond donors (Lipinski definition) is 1. The number of carbonyl (C=O) groups excluding carboxylic acids is 1. The standard InChI is InChI=1S/C39H52ClN3O7S/c1-27-7-6-15-39(47-3,24-42-17-18-50-38(23-42)25-48-26-38)34-13-10-31(34)21-43-16-5-4-8-29-19-33(40)12-9-32(29)22-49-36-14-11-30(20-35(36)43)37(44)41-51(45,46)28(27)2/h6,9,11-12,14-15,19-20,27-28,31,34H,4-5,7-8,10,13,16-18,21-26H2,1-3H3,(H,41,44)/b15-6+/t27-,28+,31-,34+,39+/m0/s1.